The van der Waals surface area contributed by atoms with Crippen LogP contribution in [0, 0.1) is 0 Å². The summed E-state index contributed by atoms with van der Waals surface area (Å²) < 4.78 is 12.5. The number of hydrogen-bond acceptors (Lipinski definition) is 2. The van der Waals surface area contributed by atoms with Crippen LogP contribution in [0.2, 0.25) is 0 Å². The Morgan fingerprint density at radius 1 is 0.417 bits per heavy atom. The number of hydrogen-bond donors (Lipinski definition) is 0. The number of benzene rings is 6. The summed E-state index contributed by atoms with van der Waals surface area (Å²) in [6.45, 7) is 0. The molecular weight excluding hydrogens is 440 g/mol. The van der Waals surface area contributed by atoms with E-state index in [0.29, 0.717) is 0 Å². The lowest BCUT2D eigenvalue weighted by Crippen LogP contribution is -1.91. The Hall–Kier alpha value is -4.82. The van der Waals surface area contributed by atoms with Crippen molar-refractivity contribution < 1.29 is 8.83 Å². The van der Waals surface area contributed by atoms with E-state index in [1.54, 1.807) is 6.26 Å². The maximum absolute atomic E-state index is 6.31. The van der Waals surface area contributed by atoms with E-state index < -0.39 is 0 Å². The maximum Gasteiger partial charge on any atom is 0.146 e. The third-order valence-corrected chi connectivity index (χ3v) is 7.34. The Balaban J connectivity index is 1.60. The van der Waals surface area contributed by atoms with Gasteiger partial charge in [-0.3, -0.25) is 0 Å². The van der Waals surface area contributed by atoms with E-state index in [4.69, 9.17) is 8.83 Å². The molecule has 8 rings (SSSR count). The summed E-state index contributed by atoms with van der Waals surface area (Å²) in [7, 11) is 0. The summed E-state index contributed by atoms with van der Waals surface area (Å²) in [6, 6.07) is 40.6. The van der Waals surface area contributed by atoms with Gasteiger partial charge in [-0.1, -0.05) is 97.1 Å². The number of para-hydroxylation sites is 1. The molecule has 0 aliphatic heterocycles. The highest BCUT2D eigenvalue weighted by atomic mass is 16.3. The minimum Gasteiger partial charge on any atom is -0.464 e. The Morgan fingerprint density at radius 3 is 1.69 bits per heavy atom. The zero-order valence-electron chi connectivity index (χ0n) is 19.4. The van der Waals surface area contributed by atoms with Crippen molar-refractivity contribution in [3.8, 4) is 22.3 Å². The first-order valence-corrected chi connectivity index (χ1v) is 12.2. The molecule has 0 aliphatic carbocycles. The largest absolute Gasteiger partial charge is 0.464 e. The van der Waals surface area contributed by atoms with Crippen molar-refractivity contribution in [2.75, 3.05) is 0 Å². The van der Waals surface area contributed by atoms with Crippen LogP contribution in [0.5, 0.6) is 0 Å². The van der Waals surface area contributed by atoms with Crippen molar-refractivity contribution in [3.63, 3.8) is 0 Å². The zero-order chi connectivity index (χ0) is 23.6. The van der Waals surface area contributed by atoms with Gasteiger partial charge in [0.25, 0.3) is 0 Å². The van der Waals surface area contributed by atoms with Crippen LogP contribution < -0.4 is 0 Å². The summed E-state index contributed by atoms with van der Waals surface area (Å²) >= 11 is 0. The number of fused-ring (bicyclic) bond motifs is 7. The predicted molar refractivity (Wildman–Crippen MR) is 149 cm³/mol. The van der Waals surface area contributed by atoms with E-state index in [9.17, 15) is 0 Å². The van der Waals surface area contributed by atoms with Crippen molar-refractivity contribution in [2.24, 2.45) is 0 Å². The van der Waals surface area contributed by atoms with Gasteiger partial charge in [0.2, 0.25) is 0 Å². The fraction of sp³-hybridized carbons (Fsp3) is 0. The molecule has 168 valence electrons. The van der Waals surface area contributed by atoms with Gasteiger partial charge in [0, 0.05) is 21.9 Å². The normalized spacial score (nSPS) is 11.9. The lowest BCUT2D eigenvalue weighted by molar-refractivity contribution is 0.616. The molecule has 2 heteroatoms. The maximum atomic E-state index is 6.31. The van der Waals surface area contributed by atoms with Crippen LogP contribution >= 0.6 is 0 Å². The third kappa shape index (κ3) is 2.61. The topological polar surface area (TPSA) is 26.3 Å². The quantitative estimate of drug-likeness (QED) is 0.240. The summed E-state index contributed by atoms with van der Waals surface area (Å²) in [6.07, 6.45) is 1.77. The summed E-state index contributed by atoms with van der Waals surface area (Å²) in [5, 5.41) is 8.10. The molecule has 0 bridgehead atoms. The molecule has 2 nitrogen and oxygen atoms in total. The van der Waals surface area contributed by atoms with E-state index in [1.165, 1.54) is 38.2 Å². The van der Waals surface area contributed by atoms with Gasteiger partial charge < -0.3 is 8.83 Å². The molecule has 0 spiro atoms. The van der Waals surface area contributed by atoms with E-state index in [1.807, 2.05) is 18.2 Å². The molecule has 0 unspecified atom stereocenters. The summed E-state index contributed by atoms with van der Waals surface area (Å²) in [5.41, 5.74) is 7.37. The monoisotopic (exact) mass is 460 g/mol. The Morgan fingerprint density at radius 2 is 1.00 bits per heavy atom. The highest BCUT2D eigenvalue weighted by Crippen LogP contribution is 2.47. The highest BCUT2D eigenvalue weighted by molar-refractivity contribution is 6.26. The van der Waals surface area contributed by atoms with Gasteiger partial charge in [0.15, 0.2) is 0 Å². The van der Waals surface area contributed by atoms with Crippen molar-refractivity contribution in [1.29, 1.82) is 0 Å². The van der Waals surface area contributed by atoms with Gasteiger partial charge in [-0.25, -0.2) is 0 Å². The molecule has 0 amide bonds. The average Bonchev–Trinajstić information content (AvgIpc) is 3.57. The van der Waals surface area contributed by atoms with Gasteiger partial charge in [-0.2, -0.15) is 0 Å². The summed E-state index contributed by atoms with van der Waals surface area (Å²) in [5.74, 6) is 0. The SMILES string of the molecule is c1ccc(-c2c3ccccc3c(-c3cc4c5ccccc5oc4c4ccoc34)c3ccccc23)cc1. The molecular formula is C34H20O2. The Bertz CT molecular complexity index is 2030. The molecule has 0 saturated heterocycles. The molecule has 0 aliphatic rings. The van der Waals surface area contributed by atoms with Crippen LogP contribution in [0.1, 0.15) is 0 Å². The van der Waals surface area contributed by atoms with Gasteiger partial charge in [0.1, 0.15) is 16.7 Å². The highest BCUT2D eigenvalue weighted by Gasteiger charge is 2.22. The van der Waals surface area contributed by atoms with Crippen LogP contribution in [0.25, 0.3) is 76.7 Å². The molecule has 0 radical (unpaired) electrons. The van der Waals surface area contributed by atoms with Crippen molar-refractivity contribution in [3.05, 3.63) is 122 Å². The first-order valence-electron chi connectivity index (χ1n) is 12.2. The van der Waals surface area contributed by atoms with Crippen molar-refractivity contribution in [1.82, 2.24) is 0 Å². The van der Waals surface area contributed by atoms with Crippen LogP contribution in [0.15, 0.2) is 130 Å². The molecule has 6 aromatic carbocycles. The van der Waals surface area contributed by atoms with Gasteiger partial charge in [-0.15, -0.1) is 0 Å². The molecule has 0 atom stereocenters. The van der Waals surface area contributed by atoms with E-state index in [2.05, 4.69) is 97.1 Å². The number of rotatable bonds is 2. The van der Waals surface area contributed by atoms with Crippen LogP contribution in [0.4, 0.5) is 0 Å². The molecule has 0 fully saturated rings. The minimum atomic E-state index is 0.851. The molecule has 8 aromatic rings. The second-order valence-corrected chi connectivity index (χ2v) is 9.27. The predicted octanol–water partition coefficient (Wildman–Crippen LogP) is 9.97. The van der Waals surface area contributed by atoms with E-state index in [-0.39, 0.29) is 0 Å². The number of furan rings is 2. The molecule has 0 N–H and O–H groups in total. The van der Waals surface area contributed by atoms with Gasteiger partial charge in [0.05, 0.1) is 11.6 Å². The van der Waals surface area contributed by atoms with Gasteiger partial charge >= 0.3 is 0 Å². The van der Waals surface area contributed by atoms with Crippen LogP contribution in [-0.2, 0) is 0 Å². The van der Waals surface area contributed by atoms with Crippen molar-refractivity contribution >= 4 is 54.5 Å². The van der Waals surface area contributed by atoms with E-state index in [0.717, 1.165) is 38.5 Å². The molecule has 2 aromatic heterocycles. The molecule has 36 heavy (non-hydrogen) atoms. The Labute approximate surface area is 207 Å². The van der Waals surface area contributed by atoms with Gasteiger partial charge in [-0.05, 0) is 50.9 Å². The summed E-state index contributed by atoms with van der Waals surface area (Å²) in [4.78, 5) is 0. The fourth-order valence-electron chi connectivity index (χ4n) is 5.84. The standard InChI is InChI=1S/C34H20O2/c1-2-10-21(11-3-1)31-23-13-4-6-15-25(23)32(26-16-7-5-14-24(26)31)29-20-28-22-12-8-9-17-30(22)36-34(28)27-18-19-35-33(27)29/h1-20H. The zero-order valence-corrected chi connectivity index (χ0v) is 19.4. The van der Waals surface area contributed by atoms with E-state index >= 15 is 0 Å². The van der Waals surface area contributed by atoms with Crippen LogP contribution in [0.3, 0.4) is 0 Å². The minimum absolute atomic E-state index is 0.851. The third-order valence-electron chi connectivity index (χ3n) is 7.34. The fourth-order valence-corrected chi connectivity index (χ4v) is 5.84. The first kappa shape index (κ1) is 19.5. The second kappa shape index (κ2) is 7.34. The molecule has 2 heterocycles. The Kier molecular flexibility index (Phi) is 3.97. The van der Waals surface area contributed by atoms with Crippen LogP contribution in [-0.4, -0.2) is 0 Å². The lowest BCUT2D eigenvalue weighted by atomic mass is 9.85. The second-order valence-electron chi connectivity index (χ2n) is 9.27. The average molecular weight is 461 g/mol. The molecule has 0 saturated carbocycles. The van der Waals surface area contributed by atoms with Crippen molar-refractivity contribution in [2.45, 2.75) is 0 Å². The first-order chi connectivity index (χ1) is 17.9. The lowest BCUT2D eigenvalue weighted by Gasteiger charge is -2.18. The smallest absolute Gasteiger partial charge is 0.146 e.